The predicted octanol–water partition coefficient (Wildman–Crippen LogP) is 5.95. The molecule has 0 aromatic heterocycles. The van der Waals surface area contributed by atoms with Gasteiger partial charge in [0.25, 0.3) is 0 Å². The molecule has 0 fully saturated rings. The molecule has 0 saturated heterocycles. The fourth-order valence-electron chi connectivity index (χ4n) is 4.38. The van der Waals surface area contributed by atoms with Crippen LogP contribution >= 0.6 is 23.2 Å². The second-order valence-corrected chi connectivity index (χ2v) is 12.7. The third kappa shape index (κ3) is 9.57. The first-order valence-electron chi connectivity index (χ1n) is 13.7. The van der Waals surface area contributed by atoms with Crippen LogP contribution in [0.5, 0.6) is 0 Å². The number of nitrogens with zero attached hydrogens (tertiary/aromatic N) is 2. The summed E-state index contributed by atoms with van der Waals surface area (Å²) in [5.74, 6) is -0.516. The Labute approximate surface area is 253 Å². The van der Waals surface area contributed by atoms with Gasteiger partial charge in [0.15, 0.2) is 0 Å². The van der Waals surface area contributed by atoms with Gasteiger partial charge in [0.1, 0.15) is 6.04 Å². The number of carbonyl (C=O) groups is 2. The minimum absolute atomic E-state index is 0.0490. The zero-order valence-electron chi connectivity index (χ0n) is 23.4. The smallest absolute Gasteiger partial charge is 0.243 e. The summed E-state index contributed by atoms with van der Waals surface area (Å²) in [4.78, 5) is 29.1. The number of sulfonamides is 1. The monoisotopic (exact) mass is 617 g/mol. The highest BCUT2D eigenvalue weighted by Gasteiger charge is 2.31. The lowest BCUT2D eigenvalue weighted by atomic mass is 10.0. The molecule has 2 amide bonds. The molecule has 1 atom stereocenters. The van der Waals surface area contributed by atoms with Crippen molar-refractivity contribution in [3.63, 3.8) is 0 Å². The third-order valence-electron chi connectivity index (χ3n) is 6.77. The number of unbranched alkanes of at least 4 members (excludes halogenated alkanes) is 1. The van der Waals surface area contributed by atoms with Gasteiger partial charge in [0.2, 0.25) is 21.8 Å². The topological polar surface area (TPSA) is 86.8 Å². The van der Waals surface area contributed by atoms with E-state index >= 15 is 0 Å². The van der Waals surface area contributed by atoms with Gasteiger partial charge in [0.05, 0.1) is 4.90 Å². The highest BCUT2D eigenvalue weighted by molar-refractivity contribution is 7.89. The van der Waals surface area contributed by atoms with Crippen LogP contribution in [0, 0.1) is 0 Å². The van der Waals surface area contributed by atoms with E-state index in [-0.39, 0.29) is 42.6 Å². The van der Waals surface area contributed by atoms with E-state index in [1.165, 1.54) is 11.4 Å². The minimum Gasteiger partial charge on any atom is -0.354 e. The van der Waals surface area contributed by atoms with E-state index in [1.54, 1.807) is 53.4 Å². The summed E-state index contributed by atoms with van der Waals surface area (Å²) in [5, 5.41) is 3.85. The van der Waals surface area contributed by atoms with Crippen LogP contribution < -0.4 is 5.32 Å². The van der Waals surface area contributed by atoms with Crippen molar-refractivity contribution in [2.45, 2.75) is 56.5 Å². The summed E-state index contributed by atoms with van der Waals surface area (Å²) in [6.45, 7) is 2.80. The van der Waals surface area contributed by atoms with Gasteiger partial charge >= 0.3 is 0 Å². The average Bonchev–Trinajstić information content (AvgIpc) is 2.96. The first-order chi connectivity index (χ1) is 19.6. The number of rotatable bonds is 15. The summed E-state index contributed by atoms with van der Waals surface area (Å²) in [5.41, 5.74) is 1.57. The zero-order valence-corrected chi connectivity index (χ0v) is 25.8. The highest BCUT2D eigenvalue weighted by Crippen LogP contribution is 2.25. The van der Waals surface area contributed by atoms with E-state index in [9.17, 15) is 18.0 Å². The molecule has 0 saturated carbocycles. The average molecular weight is 619 g/mol. The molecule has 0 spiro atoms. The van der Waals surface area contributed by atoms with Gasteiger partial charge in [-0.2, -0.15) is 0 Å². The Kier molecular flexibility index (Phi) is 12.7. The maximum absolute atomic E-state index is 13.8. The Morgan fingerprint density at radius 2 is 1.59 bits per heavy atom. The maximum atomic E-state index is 13.8. The second kappa shape index (κ2) is 15.9. The predicted molar refractivity (Wildman–Crippen MR) is 164 cm³/mol. The Morgan fingerprint density at radius 1 is 0.927 bits per heavy atom. The molecule has 10 heteroatoms. The van der Waals surface area contributed by atoms with E-state index in [0.29, 0.717) is 28.6 Å². The molecule has 1 N–H and O–H groups in total. The van der Waals surface area contributed by atoms with Gasteiger partial charge in [-0.15, -0.1) is 0 Å². The van der Waals surface area contributed by atoms with Crippen LogP contribution in [0.4, 0.5) is 0 Å². The van der Waals surface area contributed by atoms with Gasteiger partial charge in [0, 0.05) is 49.6 Å². The van der Waals surface area contributed by atoms with Gasteiger partial charge in [-0.3, -0.25) is 9.59 Å². The lowest BCUT2D eigenvalue weighted by Crippen LogP contribution is -2.50. The molecule has 220 valence electrons. The summed E-state index contributed by atoms with van der Waals surface area (Å²) >= 11 is 12.6. The molecule has 0 unspecified atom stereocenters. The highest BCUT2D eigenvalue weighted by atomic mass is 35.5. The number of amides is 2. The third-order valence-corrected chi connectivity index (χ3v) is 9.23. The van der Waals surface area contributed by atoms with E-state index in [1.807, 2.05) is 37.3 Å². The molecular formula is C31H37Cl2N3O4S. The van der Waals surface area contributed by atoms with Gasteiger partial charge in [-0.1, -0.05) is 91.1 Å². The molecule has 3 aromatic rings. The Balaban J connectivity index is 1.84. The fourth-order valence-corrected chi connectivity index (χ4v) is 6.08. The molecule has 0 aliphatic rings. The summed E-state index contributed by atoms with van der Waals surface area (Å²) in [7, 11) is -2.19. The first kappa shape index (κ1) is 32.6. The quantitative estimate of drug-likeness (QED) is 0.213. The number of nitrogens with one attached hydrogen (secondary N) is 1. The van der Waals surface area contributed by atoms with Crippen molar-refractivity contribution >= 4 is 45.0 Å². The first-order valence-corrected chi connectivity index (χ1v) is 15.9. The molecule has 0 radical (unpaired) electrons. The molecule has 3 aromatic carbocycles. The van der Waals surface area contributed by atoms with Crippen LogP contribution in [0.3, 0.4) is 0 Å². The van der Waals surface area contributed by atoms with Crippen molar-refractivity contribution < 1.29 is 18.0 Å². The van der Waals surface area contributed by atoms with E-state index in [2.05, 4.69) is 5.32 Å². The van der Waals surface area contributed by atoms with E-state index in [0.717, 1.165) is 18.4 Å². The Morgan fingerprint density at radius 3 is 2.22 bits per heavy atom. The van der Waals surface area contributed by atoms with Crippen molar-refractivity contribution in [1.82, 2.24) is 14.5 Å². The molecule has 0 heterocycles. The second-order valence-electron chi connectivity index (χ2n) is 9.85. The van der Waals surface area contributed by atoms with Crippen LogP contribution in [-0.2, 0) is 32.6 Å². The van der Waals surface area contributed by atoms with Crippen molar-refractivity contribution in [3.8, 4) is 0 Å². The van der Waals surface area contributed by atoms with Crippen LogP contribution in [-0.4, -0.2) is 55.6 Å². The molecule has 3 rings (SSSR count). The summed E-state index contributed by atoms with van der Waals surface area (Å²) < 4.78 is 27.1. The number of halogens is 2. The van der Waals surface area contributed by atoms with Crippen LogP contribution in [0.15, 0.2) is 83.8 Å². The number of hydrogen-bond donors (Lipinski definition) is 1. The van der Waals surface area contributed by atoms with Crippen molar-refractivity contribution in [2.75, 3.05) is 20.1 Å². The van der Waals surface area contributed by atoms with Gasteiger partial charge in [-0.25, -0.2) is 12.7 Å². The van der Waals surface area contributed by atoms with Crippen molar-refractivity contribution in [3.05, 3.63) is 100 Å². The SMILES string of the molecule is CCCCNC(=O)[C@H](Cc1ccccc1)N(Cc1ccc(Cl)cc1Cl)C(=O)CCCN(C)S(=O)(=O)c1ccccc1. The Hall–Kier alpha value is -2.91. The Bertz CT molecular complexity index is 1390. The minimum atomic E-state index is -3.68. The number of hydrogen-bond acceptors (Lipinski definition) is 4. The standard InChI is InChI=1S/C31H37Cl2N3O4S/c1-3-4-19-34-31(38)29(21-24-12-7-5-8-13-24)36(23-25-17-18-26(32)22-28(25)33)30(37)16-11-20-35(2)41(39,40)27-14-9-6-10-15-27/h5-10,12-15,17-18,22,29H,3-4,11,16,19-21,23H2,1-2H3,(H,34,38)/t29-/m0/s1. The number of benzene rings is 3. The molecule has 0 bridgehead atoms. The molecule has 41 heavy (non-hydrogen) atoms. The molecular weight excluding hydrogens is 581 g/mol. The van der Waals surface area contributed by atoms with Crippen LogP contribution in [0.25, 0.3) is 0 Å². The van der Waals surface area contributed by atoms with Crippen LogP contribution in [0.2, 0.25) is 10.0 Å². The van der Waals surface area contributed by atoms with Crippen molar-refractivity contribution in [2.24, 2.45) is 0 Å². The normalized spacial score (nSPS) is 12.2. The maximum Gasteiger partial charge on any atom is 0.243 e. The number of carbonyl (C=O) groups excluding carboxylic acids is 2. The molecule has 0 aliphatic carbocycles. The van der Waals surface area contributed by atoms with Gasteiger partial charge < -0.3 is 10.2 Å². The summed E-state index contributed by atoms with van der Waals surface area (Å²) in [6.07, 6.45) is 2.39. The van der Waals surface area contributed by atoms with Gasteiger partial charge in [-0.05, 0) is 48.2 Å². The fraction of sp³-hybridized carbons (Fsp3) is 0.355. The van der Waals surface area contributed by atoms with E-state index in [4.69, 9.17) is 23.2 Å². The zero-order chi connectivity index (χ0) is 29.8. The molecule has 0 aliphatic heterocycles. The van der Waals surface area contributed by atoms with Crippen LogP contribution in [0.1, 0.15) is 43.7 Å². The van der Waals surface area contributed by atoms with Crippen molar-refractivity contribution in [1.29, 1.82) is 0 Å². The lowest BCUT2D eigenvalue weighted by Gasteiger charge is -2.32. The largest absolute Gasteiger partial charge is 0.354 e. The molecule has 7 nitrogen and oxygen atoms in total. The van der Waals surface area contributed by atoms with E-state index < -0.39 is 16.1 Å². The summed E-state index contributed by atoms with van der Waals surface area (Å²) in [6, 6.07) is 22.0. The lowest BCUT2D eigenvalue weighted by molar-refractivity contribution is -0.141.